The van der Waals surface area contributed by atoms with Crippen molar-refractivity contribution in [1.82, 2.24) is 10.2 Å². The maximum Gasteiger partial charge on any atom is 0.264 e. The Balaban J connectivity index is 2.13. The summed E-state index contributed by atoms with van der Waals surface area (Å²) in [5, 5.41) is 3.49. The van der Waals surface area contributed by atoms with Gasteiger partial charge in [-0.3, -0.25) is 13.9 Å². The molecule has 1 N–H and O–H groups in total. The summed E-state index contributed by atoms with van der Waals surface area (Å²) in [6.45, 7) is 5.13. The second kappa shape index (κ2) is 14.9. The molecule has 226 valence electrons. The van der Waals surface area contributed by atoms with Crippen LogP contribution in [0.1, 0.15) is 39.2 Å². The lowest BCUT2D eigenvalue weighted by molar-refractivity contribution is -0.140. The SMILES string of the molecule is CC[C@H](C)NC(=O)[C@H](CC)N(Cc1ccc(Cl)cc1)C(=O)CN(c1cc(OC)ccc1OC)S(=O)(=O)c1ccccc1. The average Bonchev–Trinajstić information content (AvgIpc) is 3.00. The molecule has 0 heterocycles. The van der Waals surface area contributed by atoms with Crippen LogP contribution in [0.5, 0.6) is 11.5 Å². The van der Waals surface area contributed by atoms with Crippen molar-refractivity contribution in [2.45, 2.75) is 57.1 Å². The van der Waals surface area contributed by atoms with Gasteiger partial charge in [-0.15, -0.1) is 0 Å². The van der Waals surface area contributed by atoms with Crippen LogP contribution in [0.15, 0.2) is 77.7 Å². The molecule has 9 nitrogen and oxygen atoms in total. The minimum absolute atomic E-state index is 0.00604. The summed E-state index contributed by atoms with van der Waals surface area (Å²) in [6, 6.07) is 18.5. The molecular formula is C31H38ClN3O6S. The first-order chi connectivity index (χ1) is 20.0. The van der Waals surface area contributed by atoms with E-state index < -0.39 is 28.5 Å². The molecule has 2 amide bonds. The number of hydrogen-bond donors (Lipinski definition) is 1. The van der Waals surface area contributed by atoms with Crippen molar-refractivity contribution in [2.75, 3.05) is 25.1 Å². The maximum absolute atomic E-state index is 14.2. The highest BCUT2D eigenvalue weighted by molar-refractivity contribution is 7.92. The van der Waals surface area contributed by atoms with Crippen LogP contribution >= 0.6 is 11.6 Å². The zero-order valence-electron chi connectivity index (χ0n) is 24.5. The van der Waals surface area contributed by atoms with Gasteiger partial charge in [0, 0.05) is 23.7 Å². The smallest absolute Gasteiger partial charge is 0.264 e. The van der Waals surface area contributed by atoms with Crippen molar-refractivity contribution >= 4 is 39.1 Å². The van der Waals surface area contributed by atoms with Crippen LogP contribution in [0.3, 0.4) is 0 Å². The molecule has 0 aromatic heterocycles. The Morgan fingerprint density at radius 2 is 1.60 bits per heavy atom. The molecule has 3 aromatic rings. The number of carbonyl (C=O) groups excluding carboxylic acids is 2. The van der Waals surface area contributed by atoms with E-state index in [1.165, 1.54) is 37.3 Å². The number of amides is 2. The van der Waals surface area contributed by atoms with Gasteiger partial charge in [0.1, 0.15) is 24.1 Å². The first kappa shape index (κ1) is 32.8. The van der Waals surface area contributed by atoms with Crippen molar-refractivity contribution in [3.8, 4) is 11.5 Å². The number of nitrogens with one attached hydrogen (secondary N) is 1. The maximum atomic E-state index is 14.2. The van der Waals surface area contributed by atoms with Gasteiger partial charge in [-0.2, -0.15) is 0 Å². The average molecular weight is 616 g/mol. The van der Waals surface area contributed by atoms with Crippen LogP contribution in [0.4, 0.5) is 5.69 Å². The molecule has 2 atom stereocenters. The lowest BCUT2D eigenvalue weighted by Gasteiger charge is -2.34. The molecule has 3 rings (SSSR count). The van der Waals surface area contributed by atoms with Gasteiger partial charge in [-0.1, -0.05) is 55.8 Å². The molecule has 42 heavy (non-hydrogen) atoms. The fourth-order valence-electron chi connectivity index (χ4n) is 4.37. The first-order valence-electron chi connectivity index (χ1n) is 13.7. The molecule has 0 fully saturated rings. The van der Waals surface area contributed by atoms with Crippen LogP contribution in [-0.2, 0) is 26.2 Å². The molecule has 11 heteroatoms. The zero-order chi connectivity index (χ0) is 30.9. The van der Waals surface area contributed by atoms with Gasteiger partial charge in [0.2, 0.25) is 11.8 Å². The number of halogens is 1. The summed E-state index contributed by atoms with van der Waals surface area (Å²) in [6.07, 6.45) is 1.03. The summed E-state index contributed by atoms with van der Waals surface area (Å²) in [5.41, 5.74) is 0.858. The number of nitrogens with zero attached hydrogens (tertiary/aromatic N) is 2. The summed E-state index contributed by atoms with van der Waals surface area (Å²) >= 11 is 6.08. The molecule has 0 bridgehead atoms. The van der Waals surface area contributed by atoms with Gasteiger partial charge in [-0.05, 0) is 61.7 Å². The molecule has 0 aliphatic carbocycles. The van der Waals surface area contributed by atoms with E-state index in [9.17, 15) is 18.0 Å². The normalized spacial score (nSPS) is 12.6. The van der Waals surface area contributed by atoms with Gasteiger partial charge in [0.05, 0.1) is 24.8 Å². The van der Waals surface area contributed by atoms with Crippen LogP contribution in [0.25, 0.3) is 0 Å². The highest BCUT2D eigenvalue weighted by Gasteiger charge is 2.35. The van der Waals surface area contributed by atoms with Gasteiger partial charge in [0.25, 0.3) is 10.0 Å². The standard InChI is InChI=1S/C31H38ClN3O6S/c1-6-22(3)33-31(37)27(7-2)34(20-23-13-15-24(32)16-14-23)30(36)21-35(42(38,39)26-11-9-8-10-12-26)28-19-25(40-4)17-18-29(28)41-5/h8-19,22,27H,6-7,20-21H2,1-5H3,(H,33,37)/t22-,27-/m0/s1. The Hall–Kier alpha value is -3.76. The minimum atomic E-state index is -4.26. The largest absolute Gasteiger partial charge is 0.497 e. The lowest BCUT2D eigenvalue weighted by atomic mass is 10.1. The van der Waals surface area contributed by atoms with Crippen LogP contribution < -0.4 is 19.1 Å². The summed E-state index contributed by atoms with van der Waals surface area (Å²) in [4.78, 5) is 29.0. The molecule has 0 aliphatic heterocycles. The zero-order valence-corrected chi connectivity index (χ0v) is 26.1. The first-order valence-corrected chi connectivity index (χ1v) is 15.5. The number of ether oxygens (including phenoxy) is 2. The predicted octanol–water partition coefficient (Wildman–Crippen LogP) is 5.27. The van der Waals surface area contributed by atoms with Crippen LogP contribution in [-0.4, -0.2) is 58.0 Å². The minimum Gasteiger partial charge on any atom is -0.497 e. The monoisotopic (exact) mass is 615 g/mol. The number of rotatable bonds is 14. The number of sulfonamides is 1. The van der Waals surface area contributed by atoms with E-state index in [0.717, 1.165) is 9.87 Å². The van der Waals surface area contributed by atoms with Crippen molar-refractivity contribution < 1.29 is 27.5 Å². The predicted molar refractivity (Wildman–Crippen MR) is 164 cm³/mol. The van der Waals surface area contributed by atoms with Gasteiger partial charge in [-0.25, -0.2) is 8.42 Å². The second-order valence-corrected chi connectivity index (χ2v) is 12.1. The molecule has 0 aliphatic rings. The topological polar surface area (TPSA) is 105 Å². The number of hydrogen-bond acceptors (Lipinski definition) is 6. The third-order valence-corrected chi connectivity index (χ3v) is 8.94. The van der Waals surface area contributed by atoms with Crippen LogP contribution in [0, 0.1) is 0 Å². The van der Waals surface area contributed by atoms with Crippen LogP contribution in [0.2, 0.25) is 5.02 Å². The quantitative estimate of drug-likeness (QED) is 0.265. The van der Waals surface area contributed by atoms with Gasteiger partial charge < -0.3 is 19.7 Å². The molecule has 0 unspecified atom stereocenters. The summed E-state index contributed by atoms with van der Waals surface area (Å²) < 4.78 is 40.0. The Morgan fingerprint density at radius 1 is 0.929 bits per heavy atom. The fourth-order valence-corrected chi connectivity index (χ4v) is 5.94. The van der Waals surface area contributed by atoms with E-state index in [-0.39, 0.29) is 34.8 Å². The Kier molecular flexibility index (Phi) is 11.6. The Morgan fingerprint density at radius 3 is 2.17 bits per heavy atom. The fraction of sp³-hybridized carbons (Fsp3) is 0.355. The molecule has 3 aromatic carbocycles. The number of carbonyl (C=O) groups is 2. The molecule has 0 saturated heterocycles. The summed E-state index contributed by atoms with van der Waals surface area (Å²) in [7, 11) is -1.39. The van der Waals surface area contributed by atoms with Crippen molar-refractivity contribution in [2.24, 2.45) is 0 Å². The third kappa shape index (κ3) is 7.95. The van der Waals surface area contributed by atoms with Crippen molar-refractivity contribution in [1.29, 1.82) is 0 Å². The van der Waals surface area contributed by atoms with Crippen molar-refractivity contribution in [3.05, 3.63) is 83.4 Å². The molecule has 0 radical (unpaired) electrons. The summed E-state index contributed by atoms with van der Waals surface area (Å²) in [5.74, 6) is -0.274. The Bertz CT molecular complexity index is 1450. The van der Waals surface area contributed by atoms with Gasteiger partial charge in [0.15, 0.2) is 0 Å². The van der Waals surface area contributed by atoms with Crippen molar-refractivity contribution in [3.63, 3.8) is 0 Å². The van der Waals surface area contributed by atoms with E-state index in [4.69, 9.17) is 21.1 Å². The highest BCUT2D eigenvalue weighted by Crippen LogP contribution is 2.36. The molecule has 0 spiro atoms. The number of benzene rings is 3. The van der Waals surface area contributed by atoms with E-state index >= 15 is 0 Å². The lowest BCUT2D eigenvalue weighted by Crippen LogP contribution is -2.53. The number of methoxy groups -OCH3 is 2. The van der Waals surface area contributed by atoms with E-state index in [2.05, 4.69) is 5.32 Å². The van der Waals surface area contributed by atoms with E-state index in [1.807, 2.05) is 20.8 Å². The molecular weight excluding hydrogens is 578 g/mol. The van der Waals surface area contributed by atoms with Gasteiger partial charge >= 0.3 is 0 Å². The molecule has 0 saturated carbocycles. The second-order valence-electron chi connectivity index (χ2n) is 9.75. The number of anilines is 1. The Labute approximate surface area is 253 Å². The third-order valence-electron chi connectivity index (χ3n) is 6.92. The highest BCUT2D eigenvalue weighted by atomic mass is 35.5. The van der Waals surface area contributed by atoms with E-state index in [1.54, 1.807) is 54.6 Å². The van der Waals surface area contributed by atoms with E-state index in [0.29, 0.717) is 23.6 Å².